The van der Waals surface area contributed by atoms with Gasteiger partial charge in [-0.2, -0.15) is 0 Å². The van der Waals surface area contributed by atoms with Gasteiger partial charge in [-0.15, -0.1) is 0 Å². The molecule has 0 aromatic carbocycles. The molecular formula is C13H20O. The molecule has 2 aliphatic carbocycles. The average Bonchev–Trinajstić information content (AvgIpc) is 2.76. The SMILES string of the molecule is CC(=CC1CC2CCC1C2)CCC=O. The number of fused-ring (bicyclic) bond motifs is 2. The molecule has 0 aromatic rings. The third-order valence-corrected chi connectivity index (χ3v) is 3.95. The van der Waals surface area contributed by atoms with Crippen molar-refractivity contribution in [1.82, 2.24) is 0 Å². The lowest BCUT2D eigenvalue weighted by Crippen LogP contribution is -2.07. The third-order valence-electron chi connectivity index (χ3n) is 3.95. The molecule has 0 amide bonds. The Kier molecular flexibility index (Phi) is 3.05. The summed E-state index contributed by atoms with van der Waals surface area (Å²) in [5, 5.41) is 0. The van der Waals surface area contributed by atoms with Crippen LogP contribution in [-0.4, -0.2) is 6.29 Å². The molecule has 0 aromatic heterocycles. The Balaban J connectivity index is 1.87. The van der Waals surface area contributed by atoms with Crippen molar-refractivity contribution >= 4 is 6.29 Å². The molecule has 3 unspecified atom stereocenters. The lowest BCUT2D eigenvalue weighted by atomic mass is 9.87. The molecule has 3 atom stereocenters. The normalized spacial score (nSPS) is 36.4. The minimum atomic E-state index is 0.698. The first kappa shape index (κ1) is 9.95. The van der Waals surface area contributed by atoms with E-state index in [1.807, 2.05) is 0 Å². The number of rotatable bonds is 4. The molecule has 14 heavy (non-hydrogen) atoms. The predicted octanol–water partition coefficient (Wildman–Crippen LogP) is 3.35. The van der Waals surface area contributed by atoms with Crippen molar-refractivity contribution in [3.63, 3.8) is 0 Å². The monoisotopic (exact) mass is 192 g/mol. The maximum absolute atomic E-state index is 10.2. The van der Waals surface area contributed by atoms with Crippen molar-refractivity contribution in [3.8, 4) is 0 Å². The van der Waals surface area contributed by atoms with E-state index in [1.54, 1.807) is 0 Å². The number of carbonyl (C=O) groups excluding carboxylic acids is 1. The van der Waals surface area contributed by atoms with E-state index in [-0.39, 0.29) is 0 Å². The van der Waals surface area contributed by atoms with Gasteiger partial charge in [0.05, 0.1) is 0 Å². The maximum atomic E-state index is 10.2. The highest BCUT2D eigenvalue weighted by molar-refractivity contribution is 5.49. The smallest absolute Gasteiger partial charge is 0.120 e. The van der Waals surface area contributed by atoms with Crippen molar-refractivity contribution in [3.05, 3.63) is 11.6 Å². The predicted molar refractivity (Wildman–Crippen MR) is 58.0 cm³/mol. The molecule has 0 spiro atoms. The minimum Gasteiger partial charge on any atom is -0.303 e. The Hall–Kier alpha value is -0.590. The van der Waals surface area contributed by atoms with Crippen LogP contribution in [0.3, 0.4) is 0 Å². The van der Waals surface area contributed by atoms with Gasteiger partial charge in [0.1, 0.15) is 6.29 Å². The van der Waals surface area contributed by atoms with Crippen molar-refractivity contribution < 1.29 is 4.79 Å². The summed E-state index contributed by atoms with van der Waals surface area (Å²) in [5.41, 5.74) is 1.43. The van der Waals surface area contributed by atoms with E-state index in [2.05, 4.69) is 13.0 Å². The van der Waals surface area contributed by atoms with Crippen LogP contribution in [0.2, 0.25) is 0 Å². The summed E-state index contributed by atoms with van der Waals surface area (Å²) in [7, 11) is 0. The summed E-state index contributed by atoms with van der Waals surface area (Å²) in [6.45, 7) is 2.18. The average molecular weight is 192 g/mol. The van der Waals surface area contributed by atoms with E-state index in [9.17, 15) is 4.79 Å². The molecule has 0 aliphatic heterocycles. The Labute approximate surface area is 86.6 Å². The van der Waals surface area contributed by atoms with Gasteiger partial charge in [0, 0.05) is 6.42 Å². The van der Waals surface area contributed by atoms with Crippen LogP contribution in [0.25, 0.3) is 0 Å². The number of carbonyl (C=O) groups is 1. The van der Waals surface area contributed by atoms with Crippen LogP contribution in [0, 0.1) is 17.8 Å². The number of hydrogen-bond donors (Lipinski definition) is 0. The summed E-state index contributed by atoms with van der Waals surface area (Å²) in [6.07, 6.45) is 11.0. The summed E-state index contributed by atoms with van der Waals surface area (Å²) in [6, 6.07) is 0. The lowest BCUT2D eigenvalue weighted by molar-refractivity contribution is -0.107. The topological polar surface area (TPSA) is 17.1 Å². The first-order chi connectivity index (χ1) is 6.79. The molecule has 78 valence electrons. The first-order valence-electron chi connectivity index (χ1n) is 5.90. The molecule has 2 aliphatic rings. The Morgan fingerprint density at radius 1 is 1.36 bits per heavy atom. The summed E-state index contributed by atoms with van der Waals surface area (Å²) >= 11 is 0. The Bertz CT molecular complexity index is 242. The second-order valence-corrected chi connectivity index (χ2v) is 5.06. The van der Waals surface area contributed by atoms with Gasteiger partial charge in [0.2, 0.25) is 0 Å². The van der Waals surface area contributed by atoms with Crippen molar-refractivity contribution in [2.45, 2.75) is 45.4 Å². The number of hydrogen-bond acceptors (Lipinski definition) is 1. The van der Waals surface area contributed by atoms with E-state index < -0.39 is 0 Å². The molecule has 0 radical (unpaired) electrons. The van der Waals surface area contributed by atoms with Gasteiger partial charge in [-0.05, 0) is 50.4 Å². The van der Waals surface area contributed by atoms with Gasteiger partial charge in [-0.3, -0.25) is 0 Å². The minimum absolute atomic E-state index is 0.698. The first-order valence-corrected chi connectivity index (χ1v) is 5.90. The van der Waals surface area contributed by atoms with E-state index >= 15 is 0 Å². The molecule has 1 nitrogen and oxygen atoms in total. The molecule has 0 heterocycles. The van der Waals surface area contributed by atoms with E-state index in [1.165, 1.54) is 31.3 Å². The molecule has 0 N–H and O–H groups in total. The maximum Gasteiger partial charge on any atom is 0.120 e. The molecule has 0 saturated heterocycles. The van der Waals surface area contributed by atoms with Gasteiger partial charge in [-0.1, -0.05) is 18.1 Å². The van der Waals surface area contributed by atoms with Gasteiger partial charge in [-0.25, -0.2) is 0 Å². The number of aldehydes is 1. The summed E-state index contributed by atoms with van der Waals surface area (Å²) < 4.78 is 0. The van der Waals surface area contributed by atoms with Gasteiger partial charge < -0.3 is 4.79 Å². The Morgan fingerprint density at radius 2 is 2.21 bits per heavy atom. The van der Waals surface area contributed by atoms with Crippen LogP contribution in [0.5, 0.6) is 0 Å². The highest BCUT2D eigenvalue weighted by Crippen LogP contribution is 2.49. The second-order valence-electron chi connectivity index (χ2n) is 5.06. The molecule has 2 bridgehead atoms. The molecule has 2 saturated carbocycles. The van der Waals surface area contributed by atoms with Crippen LogP contribution in [0.15, 0.2) is 11.6 Å². The van der Waals surface area contributed by atoms with Crippen molar-refractivity contribution in [2.24, 2.45) is 17.8 Å². The van der Waals surface area contributed by atoms with Crippen molar-refractivity contribution in [2.75, 3.05) is 0 Å². The van der Waals surface area contributed by atoms with Crippen LogP contribution in [-0.2, 0) is 4.79 Å². The molecular weight excluding hydrogens is 172 g/mol. The lowest BCUT2D eigenvalue weighted by Gasteiger charge is -2.18. The molecule has 1 heteroatoms. The fourth-order valence-corrected chi connectivity index (χ4v) is 3.23. The largest absolute Gasteiger partial charge is 0.303 e. The highest BCUT2D eigenvalue weighted by atomic mass is 16.1. The van der Waals surface area contributed by atoms with Gasteiger partial charge in [0.15, 0.2) is 0 Å². The second kappa shape index (κ2) is 4.29. The zero-order valence-electron chi connectivity index (χ0n) is 9.04. The standard InChI is InChI=1S/C13H20O/c1-10(3-2-6-14)7-13-9-11-4-5-12(13)8-11/h6-7,11-13H,2-5,8-9H2,1H3. The summed E-state index contributed by atoms with van der Waals surface area (Å²) in [4.78, 5) is 10.2. The van der Waals surface area contributed by atoms with Gasteiger partial charge in [0.25, 0.3) is 0 Å². The fourth-order valence-electron chi connectivity index (χ4n) is 3.23. The van der Waals surface area contributed by atoms with Crippen LogP contribution >= 0.6 is 0 Å². The quantitative estimate of drug-likeness (QED) is 0.493. The van der Waals surface area contributed by atoms with Crippen LogP contribution < -0.4 is 0 Å². The molecule has 2 rings (SSSR count). The van der Waals surface area contributed by atoms with E-state index in [0.29, 0.717) is 6.42 Å². The van der Waals surface area contributed by atoms with Crippen LogP contribution in [0.4, 0.5) is 0 Å². The third kappa shape index (κ3) is 2.08. The summed E-state index contributed by atoms with van der Waals surface area (Å²) in [5.74, 6) is 2.85. The van der Waals surface area contributed by atoms with Gasteiger partial charge >= 0.3 is 0 Å². The van der Waals surface area contributed by atoms with Crippen LogP contribution in [0.1, 0.15) is 45.4 Å². The highest BCUT2D eigenvalue weighted by Gasteiger charge is 2.38. The van der Waals surface area contributed by atoms with Crippen molar-refractivity contribution in [1.29, 1.82) is 0 Å². The zero-order valence-corrected chi connectivity index (χ0v) is 9.04. The fraction of sp³-hybridized carbons (Fsp3) is 0.769. The van der Waals surface area contributed by atoms with E-state index in [4.69, 9.17) is 0 Å². The number of allylic oxidation sites excluding steroid dienone is 2. The van der Waals surface area contributed by atoms with E-state index in [0.717, 1.165) is 30.5 Å². The molecule has 2 fully saturated rings. The Morgan fingerprint density at radius 3 is 2.79 bits per heavy atom. The zero-order chi connectivity index (χ0) is 9.97.